The fraction of sp³-hybridized carbons (Fsp3) is 0.738. The summed E-state index contributed by atoms with van der Waals surface area (Å²) in [5.74, 6) is -0.963. The molecule has 0 saturated heterocycles. The fourth-order valence-corrected chi connectivity index (χ4v) is 6.53. The highest BCUT2D eigenvalue weighted by Gasteiger charge is 2.28. The summed E-state index contributed by atoms with van der Waals surface area (Å²) in [5.41, 5.74) is 0. The lowest BCUT2D eigenvalue weighted by Crippen LogP contribution is -2.30. The fourth-order valence-electron chi connectivity index (χ4n) is 5.38. The molecule has 0 amide bonds. The summed E-state index contributed by atoms with van der Waals surface area (Å²) in [6.45, 7) is 1.51. The van der Waals surface area contributed by atoms with Crippen molar-refractivity contribution in [2.45, 2.75) is 174 Å². The van der Waals surface area contributed by atoms with Crippen molar-refractivity contribution in [2.24, 2.45) is 0 Å². The van der Waals surface area contributed by atoms with Crippen LogP contribution in [0, 0.1) is 0 Å². The molecule has 0 spiro atoms. The first kappa shape index (κ1) is 55.8. The van der Waals surface area contributed by atoms with Gasteiger partial charge in [0.15, 0.2) is 11.9 Å². The maximum atomic E-state index is 12.6. The Kier molecular flexibility index (Phi) is 36.3. The Balaban J connectivity index is 4.63. The Hall–Kier alpha value is -2.25. The summed E-state index contributed by atoms with van der Waals surface area (Å²) in [4.78, 5) is 64.4. The second-order valence-corrected chi connectivity index (χ2v) is 17.0. The molecule has 0 heterocycles. The first-order valence-corrected chi connectivity index (χ1v) is 24.3. The van der Waals surface area contributed by atoms with Crippen LogP contribution in [0.25, 0.3) is 0 Å². The Morgan fingerprint density at radius 1 is 0.534 bits per heavy atom. The minimum atomic E-state index is -4.87. The molecule has 0 aliphatic heterocycles. The molecular weight excluding hydrogens is 790 g/mol. The zero-order valence-electron chi connectivity index (χ0n) is 35.1. The molecule has 14 nitrogen and oxygen atoms in total. The Morgan fingerprint density at radius 3 is 1.55 bits per heavy atom. The number of unbranched alkanes of at least 4 members (excludes halogenated alkanes) is 16. The number of allylic oxidation sites excluding steroid dienone is 8. The third kappa shape index (κ3) is 40.5. The molecule has 3 atom stereocenters. The lowest BCUT2D eigenvalue weighted by Gasteiger charge is -2.20. The van der Waals surface area contributed by atoms with Crippen LogP contribution < -0.4 is 0 Å². The number of hydrogen-bond donors (Lipinski definition) is 4. The maximum absolute atomic E-state index is 12.6. The number of esters is 2. The van der Waals surface area contributed by atoms with Crippen LogP contribution in [0.3, 0.4) is 0 Å². The zero-order chi connectivity index (χ0) is 43.2. The minimum Gasteiger partial charge on any atom is -0.462 e. The molecule has 0 aliphatic carbocycles. The monoisotopic (exact) mass is 864 g/mol. The quantitative estimate of drug-likeness (QED) is 0.0148. The SMILES string of the molecule is CCCCCC/C=C\C=C/CCCCCCCC(=O)O[C@H](COC(=O)CCCCCCC/C=C\C=C\C(=O)CCCCC)COP(=O)(O)OC[C@@H](O)COP(=O)(O)O. The number of rotatable bonds is 40. The molecule has 0 radical (unpaired) electrons. The summed E-state index contributed by atoms with van der Waals surface area (Å²) < 4.78 is 47.6. The Labute approximate surface area is 347 Å². The molecule has 0 aromatic heterocycles. The van der Waals surface area contributed by atoms with Crippen molar-refractivity contribution in [1.82, 2.24) is 0 Å². The summed E-state index contributed by atoms with van der Waals surface area (Å²) in [5, 5.41) is 9.73. The number of phosphoric ester groups is 2. The van der Waals surface area contributed by atoms with E-state index in [1.165, 1.54) is 25.7 Å². The number of ether oxygens (including phenoxy) is 2. The Morgan fingerprint density at radius 2 is 0.983 bits per heavy atom. The van der Waals surface area contributed by atoms with E-state index in [0.29, 0.717) is 19.3 Å². The van der Waals surface area contributed by atoms with Gasteiger partial charge in [0.05, 0.1) is 19.8 Å². The van der Waals surface area contributed by atoms with Crippen LogP contribution in [-0.2, 0) is 46.6 Å². The molecule has 16 heteroatoms. The van der Waals surface area contributed by atoms with Crippen molar-refractivity contribution < 1.29 is 66.3 Å². The number of phosphoric acid groups is 2. The van der Waals surface area contributed by atoms with Gasteiger partial charge >= 0.3 is 27.6 Å². The van der Waals surface area contributed by atoms with E-state index in [9.17, 15) is 33.5 Å². The Bertz CT molecular complexity index is 1280. The van der Waals surface area contributed by atoms with Crippen LogP contribution in [0.5, 0.6) is 0 Å². The molecule has 0 saturated carbocycles. The molecular formula is C42H74O14P2. The summed E-state index contributed by atoms with van der Waals surface area (Å²) in [6.07, 6.45) is 33.7. The average molecular weight is 865 g/mol. The highest BCUT2D eigenvalue weighted by atomic mass is 31.2. The van der Waals surface area contributed by atoms with Gasteiger partial charge in [0.2, 0.25) is 0 Å². The molecule has 0 aliphatic rings. The van der Waals surface area contributed by atoms with E-state index in [2.05, 4.69) is 47.2 Å². The van der Waals surface area contributed by atoms with Crippen LogP contribution in [0.2, 0.25) is 0 Å². The number of aliphatic hydroxyl groups excluding tert-OH is 1. The van der Waals surface area contributed by atoms with Crippen molar-refractivity contribution in [2.75, 3.05) is 26.4 Å². The van der Waals surface area contributed by atoms with E-state index in [0.717, 1.165) is 89.9 Å². The van der Waals surface area contributed by atoms with E-state index >= 15 is 0 Å². The third-order valence-electron chi connectivity index (χ3n) is 8.68. The van der Waals surface area contributed by atoms with Crippen molar-refractivity contribution >= 4 is 33.4 Å². The van der Waals surface area contributed by atoms with Crippen LogP contribution in [-0.4, -0.2) is 76.1 Å². The lowest BCUT2D eigenvalue weighted by molar-refractivity contribution is -0.161. The van der Waals surface area contributed by atoms with Gasteiger partial charge in [-0.15, -0.1) is 0 Å². The van der Waals surface area contributed by atoms with E-state index in [-0.39, 0.29) is 18.6 Å². The van der Waals surface area contributed by atoms with Crippen molar-refractivity contribution in [3.63, 3.8) is 0 Å². The molecule has 0 bridgehead atoms. The molecule has 0 rings (SSSR count). The summed E-state index contributed by atoms with van der Waals surface area (Å²) >= 11 is 0. The topological polar surface area (TPSA) is 212 Å². The second-order valence-electron chi connectivity index (χ2n) is 14.3. The minimum absolute atomic E-state index is 0.0950. The van der Waals surface area contributed by atoms with E-state index in [4.69, 9.17) is 23.8 Å². The van der Waals surface area contributed by atoms with Gasteiger partial charge in [-0.3, -0.25) is 28.0 Å². The van der Waals surface area contributed by atoms with Gasteiger partial charge in [-0.1, -0.05) is 127 Å². The molecule has 1 unspecified atom stereocenters. The molecule has 336 valence electrons. The predicted molar refractivity (Wildman–Crippen MR) is 226 cm³/mol. The number of carbonyl (C=O) groups is 3. The van der Waals surface area contributed by atoms with Crippen LogP contribution in [0.15, 0.2) is 48.6 Å². The van der Waals surface area contributed by atoms with Crippen LogP contribution in [0.4, 0.5) is 0 Å². The van der Waals surface area contributed by atoms with E-state index < -0.39 is 66.2 Å². The zero-order valence-corrected chi connectivity index (χ0v) is 36.9. The summed E-state index contributed by atoms with van der Waals surface area (Å²) in [6, 6.07) is 0. The number of hydrogen-bond acceptors (Lipinski definition) is 11. The van der Waals surface area contributed by atoms with Gasteiger partial charge in [-0.05, 0) is 63.9 Å². The van der Waals surface area contributed by atoms with Gasteiger partial charge in [0, 0.05) is 19.3 Å². The lowest BCUT2D eigenvalue weighted by atomic mass is 10.1. The second kappa shape index (κ2) is 37.7. The standard InChI is InChI=1S/C42H74O14P2/c1-3-5-7-8-9-10-11-12-13-14-15-18-22-25-29-33-42(46)56-40(37-55-58(50,51)54-35-39(44)34-53-57(47,48)49)36-52-41(45)32-28-24-21-19-16-17-20-23-27-31-38(43)30-26-6-4-2/h10-13,20,23,27,31,39-40,44H,3-9,14-19,21-22,24-26,28-30,32-37H2,1-2H3,(H,50,51)(H2,47,48,49)/b11-10-,13-12-,23-20-,31-27+/t39-,40+/m0/s1. The van der Waals surface area contributed by atoms with Crippen molar-refractivity contribution in [3.8, 4) is 0 Å². The first-order chi connectivity index (χ1) is 27.8. The van der Waals surface area contributed by atoms with Gasteiger partial charge in [-0.2, -0.15) is 0 Å². The predicted octanol–water partition coefficient (Wildman–Crippen LogP) is 9.85. The third-order valence-corrected chi connectivity index (χ3v) is 10.1. The number of ketones is 1. The maximum Gasteiger partial charge on any atom is 0.472 e. The molecule has 4 N–H and O–H groups in total. The summed E-state index contributed by atoms with van der Waals surface area (Å²) in [7, 11) is -9.70. The van der Waals surface area contributed by atoms with Crippen molar-refractivity contribution in [3.05, 3.63) is 48.6 Å². The van der Waals surface area contributed by atoms with Crippen LogP contribution in [0.1, 0.15) is 162 Å². The molecule has 0 fully saturated rings. The van der Waals surface area contributed by atoms with Crippen molar-refractivity contribution in [1.29, 1.82) is 0 Å². The molecule has 0 aromatic rings. The molecule has 58 heavy (non-hydrogen) atoms. The van der Waals surface area contributed by atoms with Crippen LogP contribution >= 0.6 is 15.6 Å². The highest BCUT2D eigenvalue weighted by molar-refractivity contribution is 7.47. The van der Waals surface area contributed by atoms with E-state index in [1.54, 1.807) is 12.2 Å². The largest absolute Gasteiger partial charge is 0.472 e. The average Bonchev–Trinajstić information content (AvgIpc) is 3.17. The van der Waals surface area contributed by atoms with E-state index in [1.807, 2.05) is 12.2 Å². The van der Waals surface area contributed by atoms with Gasteiger partial charge in [0.25, 0.3) is 0 Å². The number of carbonyl (C=O) groups excluding carboxylic acids is 3. The van der Waals surface area contributed by atoms with Gasteiger partial charge in [0.1, 0.15) is 12.7 Å². The van der Waals surface area contributed by atoms with Gasteiger partial charge in [-0.25, -0.2) is 9.13 Å². The smallest absolute Gasteiger partial charge is 0.462 e. The number of aliphatic hydroxyl groups is 1. The highest BCUT2D eigenvalue weighted by Crippen LogP contribution is 2.43. The normalized spacial score (nSPS) is 14.4. The van der Waals surface area contributed by atoms with Gasteiger partial charge < -0.3 is 29.3 Å². The molecule has 0 aromatic carbocycles. The first-order valence-electron chi connectivity index (χ1n) is 21.3.